The average molecular weight is 513 g/mol. The van der Waals surface area contributed by atoms with E-state index in [9.17, 15) is 9.50 Å². The van der Waals surface area contributed by atoms with E-state index in [1.54, 1.807) is 12.1 Å². The number of nitrogens with zero attached hydrogens (tertiary/aromatic N) is 3. The van der Waals surface area contributed by atoms with Crippen LogP contribution < -0.4 is 15.5 Å². The summed E-state index contributed by atoms with van der Waals surface area (Å²) in [7, 11) is 0. The van der Waals surface area contributed by atoms with E-state index in [4.69, 9.17) is 0 Å². The summed E-state index contributed by atoms with van der Waals surface area (Å²) in [5.41, 5.74) is 0.657. The predicted octanol–water partition coefficient (Wildman–Crippen LogP) is 3.10. The summed E-state index contributed by atoms with van der Waals surface area (Å²) in [5, 5.41) is 17.0. The van der Waals surface area contributed by atoms with Crippen LogP contribution in [-0.4, -0.2) is 48.3 Å². The largest absolute Gasteiger partial charge is 0.386 e. The number of nitrogens with one attached hydrogen (secondary N) is 2. The molecule has 3 N–H and O–H groups in total. The van der Waals surface area contributed by atoms with E-state index in [1.165, 1.54) is 12.1 Å². The third-order valence-corrected chi connectivity index (χ3v) is 4.83. The first-order valence-electron chi connectivity index (χ1n) is 9.80. The predicted molar refractivity (Wildman–Crippen MR) is 125 cm³/mol. The Labute approximate surface area is 188 Å². The summed E-state index contributed by atoms with van der Waals surface area (Å²) in [6, 6.07) is 12.2. The second-order valence-corrected chi connectivity index (χ2v) is 6.88. The van der Waals surface area contributed by atoms with Gasteiger partial charge in [-0.2, -0.15) is 0 Å². The van der Waals surface area contributed by atoms with Crippen molar-refractivity contribution >= 4 is 35.8 Å². The van der Waals surface area contributed by atoms with Crippen LogP contribution in [0.25, 0.3) is 0 Å². The van der Waals surface area contributed by atoms with Crippen molar-refractivity contribution in [2.24, 2.45) is 4.99 Å². The second-order valence-electron chi connectivity index (χ2n) is 6.88. The molecule has 0 radical (unpaired) electrons. The molecule has 1 unspecified atom stereocenters. The Kier molecular flexibility index (Phi) is 9.59. The molecular weight excluding hydrogens is 484 g/mol. The fourth-order valence-corrected chi connectivity index (χ4v) is 3.28. The van der Waals surface area contributed by atoms with Crippen molar-refractivity contribution in [2.45, 2.75) is 31.9 Å². The maximum absolute atomic E-state index is 13.0. The molecule has 1 fully saturated rings. The zero-order valence-electron chi connectivity index (χ0n) is 16.6. The van der Waals surface area contributed by atoms with E-state index in [0.29, 0.717) is 17.6 Å². The summed E-state index contributed by atoms with van der Waals surface area (Å²) in [6.45, 7) is 4.84. The van der Waals surface area contributed by atoms with Crippen LogP contribution >= 0.6 is 24.0 Å². The minimum atomic E-state index is -0.762. The molecule has 2 heterocycles. The molecule has 8 heteroatoms. The Morgan fingerprint density at radius 3 is 2.59 bits per heavy atom. The van der Waals surface area contributed by atoms with Crippen molar-refractivity contribution in [3.63, 3.8) is 0 Å². The van der Waals surface area contributed by atoms with Gasteiger partial charge in [-0.05, 0) is 49.6 Å². The molecule has 6 nitrogen and oxygen atoms in total. The lowest BCUT2D eigenvalue weighted by molar-refractivity contribution is 0.187. The summed E-state index contributed by atoms with van der Waals surface area (Å²) in [5.74, 6) is 1.40. The quantitative estimate of drug-likeness (QED) is 0.315. The van der Waals surface area contributed by atoms with Crippen LogP contribution in [0.15, 0.2) is 53.7 Å². The molecule has 29 heavy (non-hydrogen) atoms. The van der Waals surface area contributed by atoms with Gasteiger partial charge < -0.3 is 20.6 Å². The fourth-order valence-electron chi connectivity index (χ4n) is 3.28. The maximum Gasteiger partial charge on any atom is 0.191 e. The highest BCUT2D eigenvalue weighted by atomic mass is 127. The Bertz CT molecular complexity index is 751. The lowest BCUT2D eigenvalue weighted by Gasteiger charge is -2.33. The number of guanidine groups is 1. The number of benzene rings is 1. The Morgan fingerprint density at radius 1 is 1.24 bits per heavy atom. The first-order chi connectivity index (χ1) is 13.7. The van der Waals surface area contributed by atoms with E-state index in [1.807, 2.05) is 31.3 Å². The van der Waals surface area contributed by atoms with E-state index >= 15 is 0 Å². The number of aliphatic hydroxyl groups excluding tert-OH is 1. The number of hydrogen-bond acceptors (Lipinski definition) is 4. The Hall–Kier alpha value is -1.94. The third kappa shape index (κ3) is 7.11. The molecular formula is C21H29FIN5O. The van der Waals surface area contributed by atoms with Crippen LogP contribution in [0.3, 0.4) is 0 Å². The molecule has 0 aliphatic carbocycles. The number of aliphatic hydroxyl groups is 1. The number of hydrogen-bond donors (Lipinski definition) is 3. The average Bonchev–Trinajstić information content (AvgIpc) is 2.73. The van der Waals surface area contributed by atoms with Crippen molar-refractivity contribution in [2.75, 3.05) is 31.1 Å². The van der Waals surface area contributed by atoms with Crippen molar-refractivity contribution in [1.82, 2.24) is 15.6 Å². The summed E-state index contributed by atoms with van der Waals surface area (Å²) in [4.78, 5) is 11.2. The van der Waals surface area contributed by atoms with E-state index in [0.717, 1.165) is 38.3 Å². The van der Waals surface area contributed by atoms with Gasteiger partial charge in [0.2, 0.25) is 0 Å². The van der Waals surface area contributed by atoms with Gasteiger partial charge in [-0.25, -0.2) is 9.37 Å². The van der Waals surface area contributed by atoms with Gasteiger partial charge in [-0.15, -0.1) is 24.0 Å². The highest BCUT2D eigenvalue weighted by Crippen LogP contribution is 2.17. The molecule has 158 valence electrons. The van der Waals surface area contributed by atoms with Gasteiger partial charge in [0.05, 0.1) is 12.6 Å². The first-order valence-corrected chi connectivity index (χ1v) is 9.80. The zero-order valence-corrected chi connectivity index (χ0v) is 18.9. The van der Waals surface area contributed by atoms with Crippen molar-refractivity contribution in [3.05, 3.63) is 60.0 Å². The zero-order chi connectivity index (χ0) is 19.8. The summed E-state index contributed by atoms with van der Waals surface area (Å²) in [6.07, 6.45) is 3.03. The minimum absolute atomic E-state index is 0. The van der Waals surface area contributed by atoms with Gasteiger partial charge in [-0.1, -0.05) is 18.2 Å². The summed E-state index contributed by atoms with van der Waals surface area (Å²) < 4.78 is 13.0. The van der Waals surface area contributed by atoms with E-state index in [-0.39, 0.29) is 36.3 Å². The topological polar surface area (TPSA) is 72.8 Å². The van der Waals surface area contributed by atoms with Gasteiger partial charge in [0, 0.05) is 31.9 Å². The molecule has 0 saturated carbocycles. The molecule has 0 bridgehead atoms. The van der Waals surface area contributed by atoms with Crippen LogP contribution in [0, 0.1) is 5.82 Å². The monoisotopic (exact) mass is 513 g/mol. The van der Waals surface area contributed by atoms with Crippen molar-refractivity contribution in [3.8, 4) is 0 Å². The molecule has 1 aliphatic heterocycles. The second kappa shape index (κ2) is 11.9. The van der Waals surface area contributed by atoms with Gasteiger partial charge in [0.15, 0.2) is 5.96 Å². The van der Waals surface area contributed by atoms with Crippen LogP contribution in [0.4, 0.5) is 10.2 Å². The minimum Gasteiger partial charge on any atom is -0.386 e. The molecule has 1 atom stereocenters. The molecule has 2 aromatic rings. The van der Waals surface area contributed by atoms with Gasteiger partial charge in [0.25, 0.3) is 0 Å². The summed E-state index contributed by atoms with van der Waals surface area (Å²) >= 11 is 0. The Morgan fingerprint density at radius 2 is 1.97 bits per heavy atom. The molecule has 0 amide bonds. The SMILES string of the molecule is CCNC(=NCC(O)c1ccc(F)cc1)NC1CCN(c2ccccn2)CC1.I. The standard InChI is InChI=1S/C21H28FN5O.HI/c1-2-23-21(25-15-19(28)16-6-8-17(22)9-7-16)26-18-10-13-27(14-11-18)20-5-3-4-12-24-20;/h3-9,12,18-19,28H,2,10-11,13-15H2,1H3,(H2,23,25,26);1H. The van der Waals surface area contributed by atoms with Gasteiger partial charge in [0.1, 0.15) is 11.6 Å². The van der Waals surface area contributed by atoms with E-state index in [2.05, 4.69) is 25.5 Å². The number of halogens is 2. The van der Waals surface area contributed by atoms with Gasteiger partial charge >= 0.3 is 0 Å². The van der Waals surface area contributed by atoms with Crippen molar-refractivity contribution < 1.29 is 9.50 Å². The molecule has 1 aromatic heterocycles. The smallest absolute Gasteiger partial charge is 0.191 e. The maximum atomic E-state index is 13.0. The number of aliphatic imine (C=N–C) groups is 1. The van der Waals surface area contributed by atoms with Crippen LogP contribution in [0.5, 0.6) is 0 Å². The molecule has 1 aromatic carbocycles. The molecule has 3 rings (SSSR count). The van der Waals surface area contributed by atoms with E-state index < -0.39 is 6.10 Å². The fraction of sp³-hybridized carbons (Fsp3) is 0.429. The number of aromatic nitrogens is 1. The molecule has 1 aliphatic rings. The lowest BCUT2D eigenvalue weighted by Crippen LogP contribution is -2.49. The number of piperidine rings is 1. The first kappa shape index (κ1) is 23.3. The lowest BCUT2D eigenvalue weighted by atomic mass is 10.1. The normalized spacial score (nSPS) is 16.1. The number of rotatable bonds is 6. The van der Waals surface area contributed by atoms with Crippen LogP contribution in [0.1, 0.15) is 31.4 Å². The number of anilines is 1. The number of pyridine rings is 1. The highest BCUT2D eigenvalue weighted by molar-refractivity contribution is 14.0. The molecule has 1 saturated heterocycles. The van der Waals surface area contributed by atoms with Crippen LogP contribution in [-0.2, 0) is 0 Å². The van der Waals surface area contributed by atoms with Crippen molar-refractivity contribution in [1.29, 1.82) is 0 Å². The third-order valence-electron chi connectivity index (χ3n) is 4.83. The molecule has 0 spiro atoms. The Balaban J connectivity index is 0.00000300. The highest BCUT2D eigenvalue weighted by Gasteiger charge is 2.21. The van der Waals surface area contributed by atoms with Crippen LogP contribution in [0.2, 0.25) is 0 Å². The van der Waals surface area contributed by atoms with Gasteiger partial charge in [-0.3, -0.25) is 4.99 Å².